The monoisotopic (exact) mass is 200 g/mol. The molecule has 0 saturated heterocycles. The number of nitrogens with zero attached hydrogens (tertiary/aromatic N) is 1. The van der Waals surface area contributed by atoms with Gasteiger partial charge in [-0.3, -0.25) is 0 Å². The summed E-state index contributed by atoms with van der Waals surface area (Å²) >= 11 is 1.50. The molecule has 1 aromatic heterocycles. The number of thiazole rings is 1. The third-order valence-corrected chi connectivity index (χ3v) is 2.77. The van der Waals surface area contributed by atoms with Crippen molar-refractivity contribution < 1.29 is 5.11 Å². The molecule has 2 atom stereocenters. The van der Waals surface area contributed by atoms with Gasteiger partial charge >= 0.3 is 0 Å². The minimum Gasteiger partial charge on any atom is -0.386 e. The Morgan fingerprint density at radius 1 is 1.69 bits per heavy atom. The minimum atomic E-state index is -0.490. The van der Waals surface area contributed by atoms with Crippen LogP contribution in [0.4, 0.5) is 0 Å². The molecule has 0 aliphatic heterocycles. The van der Waals surface area contributed by atoms with Gasteiger partial charge in [-0.2, -0.15) is 0 Å². The SMILES string of the molecule is CCCC(CN)C(O)c1cscn1. The van der Waals surface area contributed by atoms with Crippen molar-refractivity contribution in [3.05, 3.63) is 16.6 Å². The first-order chi connectivity index (χ1) is 6.29. The van der Waals surface area contributed by atoms with Crippen molar-refractivity contribution in [3.8, 4) is 0 Å². The lowest BCUT2D eigenvalue weighted by atomic mass is 9.95. The Balaban J connectivity index is 2.58. The first kappa shape index (κ1) is 10.6. The fraction of sp³-hybridized carbons (Fsp3) is 0.667. The van der Waals surface area contributed by atoms with E-state index in [1.807, 2.05) is 5.38 Å². The van der Waals surface area contributed by atoms with Crippen LogP contribution < -0.4 is 5.73 Å². The van der Waals surface area contributed by atoms with Gasteiger partial charge in [-0.1, -0.05) is 13.3 Å². The second-order valence-electron chi connectivity index (χ2n) is 3.14. The molecule has 3 N–H and O–H groups in total. The lowest BCUT2D eigenvalue weighted by molar-refractivity contribution is 0.103. The topological polar surface area (TPSA) is 59.1 Å². The highest BCUT2D eigenvalue weighted by molar-refractivity contribution is 7.07. The average Bonchev–Trinajstić information content (AvgIpc) is 2.65. The summed E-state index contributed by atoms with van der Waals surface area (Å²) in [6.07, 6.45) is 1.51. The van der Waals surface area contributed by atoms with E-state index in [2.05, 4.69) is 11.9 Å². The highest BCUT2D eigenvalue weighted by Gasteiger charge is 2.19. The maximum absolute atomic E-state index is 9.86. The van der Waals surface area contributed by atoms with Crippen molar-refractivity contribution in [1.82, 2.24) is 4.98 Å². The van der Waals surface area contributed by atoms with Gasteiger partial charge in [0.15, 0.2) is 0 Å². The summed E-state index contributed by atoms with van der Waals surface area (Å²) in [5.74, 6) is 0.145. The van der Waals surface area contributed by atoms with Crippen LogP contribution in [-0.4, -0.2) is 16.6 Å². The van der Waals surface area contributed by atoms with Gasteiger partial charge in [0, 0.05) is 11.3 Å². The number of aromatic nitrogens is 1. The maximum Gasteiger partial charge on any atom is 0.101 e. The summed E-state index contributed by atoms with van der Waals surface area (Å²) in [7, 11) is 0. The number of aliphatic hydroxyl groups is 1. The molecule has 0 saturated carbocycles. The molecule has 0 spiro atoms. The number of hydrogen-bond donors (Lipinski definition) is 2. The summed E-state index contributed by atoms with van der Waals surface area (Å²) in [5.41, 5.74) is 8.07. The van der Waals surface area contributed by atoms with Crippen LogP contribution in [0.3, 0.4) is 0 Å². The van der Waals surface area contributed by atoms with Gasteiger partial charge < -0.3 is 10.8 Å². The molecular formula is C9H16N2OS. The molecule has 1 aromatic rings. The summed E-state index contributed by atoms with van der Waals surface area (Å²) in [6, 6.07) is 0. The number of hydrogen-bond acceptors (Lipinski definition) is 4. The normalized spacial score (nSPS) is 15.6. The highest BCUT2D eigenvalue weighted by Crippen LogP contribution is 2.24. The Hall–Kier alpha value is -0.450. The van der Waals surface area contributed by atoms with Crippen molar-refractivity contribution in [2.75, 3.05) is 6.54 Å². The second-order valence-corrected chi connectivity index (χ2v) is 3.86. The first-order valence-corrected chi connectivity index (χ1v) is 5.50. The van der Waals surface area contributed by atoms with Crippen LogP contribution in [0.25, 0.3) is 0 Å². The molecule has 2 unspecified atom stereocenters. The lowest BCUT2D eigenvalue weighted by Gasteiger charge is -2.18. The first-order valence-electron chi connectivity index (χ1n) is 4.55. The quantitative estimate of drug-likeness (QED) is 0.758. The van der Waals surface area contributed by atoms with Crippen molar-refractivity contribution in [3.63, 3.8) is 0 Å². The van der Waals surface area contributed by atoms with E-state index >= 15 is 0 Å². The molecule has 0 radical (unpaired) electrons. The van der Waals surface area contributed by atoms with Crippen LogP contribution in [0.1, 0.15) is 31.6 Å². The number of nitrogens with two attached hydrogens (primary N) is 1. The van der Waals surface area contributed by atoms with E-state index in [0.717, 1.165) is 18.5 Å². The van der Waals surface area contributed by atoms with Gasteiger partial charge in [0.2, 0.25) is 0 Å². The molecule has 3 nitrogen and oxygen atoms in total. The zero-order chi connectivity index (χ0) is 9.68. The lowest BCUT2D eigenvalue weighted by Crippen LogP contribution is -2.22. The Morgan fingerprint density at radius 3 is 2.92 bits per heavy atom. The van der Waals surface area contributed by atoms with Crippen molar-refractivity contribution in [2.45, 2.75) is 25.9 Å². The molecule has 0 aromatic carbocycles. The van der Waals surface area contributed by atoms with E-state index in [-0.39, 0.29) is 5.92 Å². The zero-order valence-corrected chi connectivity index (χ0v) is 8.63. The average molecular weight is 200 g/mol. The molecule has 0 aliphatic carbocycles. The summed E-state index contributed by atoms with van der Waals surface area (Å²) in [5, 5.41) is 11.7. The van der Waals surface area contributed by atoms with Gasteiger partial charge in [0.25, 0.3) is 0 Å². The second kappa shape index (κ2) is 5.32. The van der Waals surface area contributed by atoms with Crippen LogP contribution in [0.2, 0.25) is 0 Å². The predicted octanol–water partition coefficient (Wildman–Crippen LogP) is 1.55. The van der Waals surface area contributed by atoms with Gasteiger partial charge in [-0.25, -0.2) is 4.98 Å². The van der Waals surface area contributed by atoms with Crippen molar-refractivity contribution in [1.29, 1.82) is 0 Å². The molecule has 0 amide bonds. The highest BCUT2D eigenvalue weighted by atomic mass is 32.1. The van der Waals surface area contributed by atoms with E-state index in [1.54, 1.807) is 5.51 Å². The third-order valence-electron chi connectivity index (χ3n) is 2.16. The summed E-state index contributed by atoms with van der Waals surface area (Å²) in [6.45, 7) is 2.61. The van der Waals surface area contributed by atoms with Crippen LogP contribution >= 0.6 is 11.3 Å². The van der Waals surface area contributed by atoms with Gasteiger partial charge in [0.1, 0.15) is 6.10 Å². The fourth-order valence-corrected chi connectivity index (χ4v) is 1.97. The Morgan fingerprint density at radius 2 is 2.46 bits per heavy atom. The zero-order valence-electron chi connectivity index (χ0n) is 7.81. The van der Waals surface area contributed by atoms with Crippen molar-refractivity contribution in [2.24, 2.45) is 11.7 Å². The molecule has 1 rings (SSSR count). The molecule has 0 fully saturated rings. The minimum absolute atomic E-state index is 0.145. The maximum atomic E-state index is 9.86. The third kappa shape index (κ3) is 2.76. The predicted molar refractivity (Wildman–Crippen MR) is 54.5 cm³/mol. The molecular weight excluding hydrogens is 184 g/mol. The molecule has 4 heteroatoms. The van der Waals surface area contributed by atoms with E-state index in [9.17, 15) is 5.11 Å². The van der Waals surface area contributed by atoms with Crippen LogP contribution in [0.15, 0.2) is 10.9 Å². The van der Waals surface area contributed by atoms with E-state index in [1.165, 1.54) is 11.3 Å². The van der Waals surface area contributed by atoms with Gasteiger partial charge in [-0.15, -0.1) is 11.3 Å². The number of aliphatic hydroxyl groups excluding tert-OH is 1. The van der Waals surface area contributed by atoms with E-state index in [0.29, 0.717) is 6.54 Å². The molecule has 13 heavy (non-hydrogen) atoms. The number of rotatable bonds is 5. The summed E-state index contributed by atoms with van der Waals surface area (Å²) < 4.78 is 0. The molecule has 1 heterocycles. The van der Waals surface area contributed by atoms with Crippen LogP contribution in [0, 0.1) is 5.92 Å². The largest absolute Gasteiger partial charge is 0.386 e. The van der Waals surface area contributed by atoms with Gasteiger partial charge in [0.05, 0.1) is 11.2 Å². The van der Waals surface area contributed by atoms with E-state index < -0.39 is 6.10 Å². The Labute approximate surface area is 82.6 Å². The van der Waals surface area contributed by atoms with Crippen LogP contribution in [0.5, 0.6) is 0 Å². The molecule has 0 bridgehead atoms. The Kier molecular flexibility index (Phi) is 4.35. The fourth-order valence-electron chi connectivity index (χ4n) is 1.38. The Bertz CT molecular complexity index is 226. The standard InChI is InChI=1S/C9H16N2OS/c1-2-3-7(4-10)9(12)8-5-13-6-11-8/h5-7,9,12H,2-4,10H2,1H3. The van der Waals surface area contributed by atoms with Gasteiger partial charge in [-0.05, 0) is 13.0 Å². The van der Waals surface area contributed by atoms with Crippen LogP contribution in [-0.2, 0) is 0 Å². The smallest absolute Gasteiger partial charge is 0.101 e. The van der Waals surface area contributed by atoms with Crippen molar-refractivity contribution >= 4 is 11.3 Å². The van der Waals surface area contributed by atoms with E-state index in [4.69, 9.17) is 5.73 Å². The summed E-state index contributed by atoms with van der Waals surface area (Å²) in [4.78, 5) is 4.08. The molecule has 0 aliphatic rings. The molecule has 74 valence electrons.